The van der Waals surface area contributed by atoms with E-state index in [2.05, 4.69) is 62.7 Å². The quantitative estimate of drug-likeness (QED) is 0.341. The van der Waals surface area contributed by atoms with Crippen molar-refractivity contribution in [1.82, 2.24) is 9.80 Å². The van der Waals surface area contributed by atoms with Crippen molar-refractivity contribution < 1.29 is 8.42 Å². The summed E-state index contributed by atoms with van der Waals surface area (Å²) in [7, 11) is -3.66. The second kappa shape index (κ2) is 13.3. The lowest BCUT2D eigenvalue weighted by atomic mass is 10.1. The smallest absolute Gasteiger partial charge is 0.261 e. The van der Waals surface area contributed by atoms with Crippen LogP contribution in [-0.2, 0) is 16.4 Å². The molecular formula is C29H37ClN4O2S. The first kappa shape index (κ1) is 27.5. The number of nitrogens with one attached hydrogen (secondary N) is 1. The summed E-state index contributed by atoms with van der Waals surface area (Å²) >= 11 is 5.90. The van der Waals surface area contributed by atoms with Gasteiger partial charge in [-0.1, -0.05) is 48.9 Å². The molecule has 6 nitrogen and oxygen atoms in total. The monoisotopic (exact) mass is 540 g/mol. The number of rotatable bonds is 12. The zero-order valence-electron chi connectivity index (χ0n) is 21.5. The van der Waals surface area contributed by atoms with Crippen molar-refractivity contribution in [2.45, 2.75) is 24.7 Å². The van der Waals surface area contributed by atoms with Crippen molar-refractivity contribution in [2.24, 2.45) is 0 Å². The van der Waals surface area contributed by atoms with Gasteiger partial charge >= 0.3 is 0 Å². The fraction of sp³-hybridized carbons (Fsp3) is 0.379. The number of para-hydroxylation sites is 1. The lowest BCUT2D eigenvalue weighted by molar-refractivity contribution is 0.197. The van der Waals surface area contributed by atoms with Crippen LogP contribution in [0, 0.1) is 0 Å². The summed E-state index contributed by atoms with van der Waals surface area (Å²) in [4.78, 5) is 7.75. The highest BCUT2D eigenvalue weighted by Crippen LogP contribution is 2.20. The average molecular weight is 541 g/mol. The van der Waals surface area contributed by atoms with Gasteiger partial charge in [0.2, 0.25) is 0 Å². The van der Waals surface area contributed by atoms with E-state index in [1.807, 2.05) is 12.1 Å². The maximum Gasteiger partial charge on any atom is 0.261 e. The van der Waals surface area contributed by atoms with Gasteiger partial charge in [0.05, 0.1) is 4.90 Å². The van der Waals surface area contributed by atoms with Crippen LogP contribution in [-0.4, -0.2) is 70.6 Å². The van der Waals surface area contributed by atoms with Gasteiger partial charge in [-0.3, -0.25) is 9.62 Å². The van der Waals surface area contributed by atoms with E-state index >= 15 is 0 Å². The molecular weight excluding hydrogens is 504 g/mol. The molecule has 0 spiro atoms. The molecule has 1 N–H and O–H groups in total. The summed E-state index contributed by atoms with van der Waals surface area (Å²) in [6.45, 7) is 10.7. The van der Waals surface area contributed by atoms with Crippen LogP contribution in [0.4, 0.5) is 11.4 Å². The van der Waals surface area contributed by atoms with E-state index in [0.29, 0.717) is 10.7 Å². The predicted octanol–water partition coefficient (Wildman–Crippen LogP) is 5.22. The third kappa shape index (κ3) is 8.20. The number of hydrogen-bond donors (Lipinski definition) is 1. The van der Waals surface area contributed by atoms with Gasteiger partial charge in [-0.15, -0.1) is 0 Å². The molecule has 0 aromatic heterocycles. The predicted molar refractivity (Wildman–Crippen MR) is 154 cm³/mol. The van der Waals surface area contributed by atoms with E-state index in [0.717, 1.165) is 70.8 Å². The minimum atomic E-state index is -3.66. The zero-order valence-corrected chi connectivity index (χ0v) is 23.1. The van der Waals surface area contributed by atoms with Gasteiger partial charge in [0.15, 0.2) is 0 Å². The molecule has 1 aliphatic rings. The summed E-state index contributed by atoms with van der Waals surface area (Å²) in [6.07, 6.45) is 1.99. The van der Waals surface area contributed by atoms with E-state index in [-0.39, 0.29) is 4.90 Å². The molecule has 0 radical (unpaired) electrons. The summed E-state index contributed by atoms with van der Waals surface area (Å²) in [6, 6.07) is 24.5. The number of hydrogen-bond acceptors (Lipinski definition) is 5. The first-order valence-corrected chi connectivity index (χ1v) is 14.9. The molecule has 1 heterocycles. The fourth-order valence-electron chi connectivity index (χ4n) is 4.71. The van der Waals surface area contributed by atoms with E-state index in [9.17, 15) is 8.42 Å². The zero-order chi connectivity index (χ0) is 26.1. The molecule has 0 atom stereocenters. The molecule has 37 heavy (non-hydrogen) atoms. The molecule has 0 amide bonds. The Morgan fingerprint density at radius 2 is 1.59 bits per heavy atom. The number of piperazine rings is 1. The van der Waals surface area contributed by atoms with Crippen LogP contribution >= 0.6 is 11.6 Å². The van der Waals surface area contributed by atoms with Crippen LogP contribution in [0.3, 0.4) is 0 Å². The van der Waals surface area contributed by atoms with Crippen LogP contribution in [0.15, 0.2) is 83.8 Å². The Labute approximate surface area is 226 Å². The van der Waals surface area contributed by atoms with Crippen molar-refractivity contribution >= 4 is 33.0 Å². The SMILES string of the molecule is CCCN(CCc1cccc(NS(=O)(=O)c2ccc(Cl)cc2)c1)CCN1CCN(c2ccccc2)CC1. The summed E-state index contributed by atoms with van der Waals surface area (Å²) in [5, 5.41) is 0.507. The van der Waals surface area contributed by atoms with Gasteiger partial charge in [0, 0.05) is 62.2 Å². The van der Waals surface area contributed by atoms with Gasteiger partial charge in [-0.2, -0.15) is 0 Å². The molecule has 8 heteroatoms. The summed E-state index contributed by atoms with van der Waals surface area (Å²) in [5.74, 6) is 0. The van der Waals surface area contributed by atoms with E-state index < -0.39 is 10.0 Å². The second-order valence-corrected chi connectivity index (χ2v) is 11.6. The Kier molecular flexibility index (Phi) is 9.86. The van der Waals surface area contributed by atoms with Crippen LogP contribution < -0.4 is 9.62 Å². The largest absolute Gasteiger partial charge is 0.369 e. The molecule has 198 valence electrons. The van der Waals surface area contributed by atoms with Crippen molar-refractivity contribution in [3.63, 3.8) is 0 Å². The molecule has 0 bridgehead atoms. The highest BCUT2D eigenvalue weighted by molar-refractivity contribution is 7.92. The maximum absolute atomic E-state index is 12.7. The highest BCUT2D eigenvalue weighted by atomic mass is 35.5. The Bertz CT molecular complexity index is 1210. The number of anilines is 2. The normalized spacial score (nSPS) is 14.7. The number of benzene rings is 3. The molecule has 4 rings (SSSR count). The van der Waals surface area contributed by atoms with Crippen LogP contribution in [0.5, 0.6) is 0 Å². The third-order valence-corrected chi connectivity index (χ3v) is 8.43. The van der Waals surface area contributed by atoms with Crippen LogP contribution in [0.2, 0.25) is 5.02 Å². The van der Waals surface area contributed by atoms with Crippen molar-refractivity contribution in [3.8, 4) is 0 Å². The highest BCUT2D eigenvalue weighted by Gasteiger charge is 2.18. The average Bonchev–Trinajstić information content (AvgIpc) is 2.91. The summed E-state index contributed by atoms with van der Waals surface area (Å²) in [5.41, 5.74) is 3.01. The topological polar surface area (TPSA) is 55.9 Å². The second-order valence-electron chi connectivity index (χ2n) is 9.52. The molecule has 0 aliphatic carbocycles. The molecule has 0 saturated carbocycles. The van der Waals surface area contributed by atoms with Crippen molar-refractivity contribution in [2.75, 3.05) is 62.0 Å². The minimum absolute atomic E-state index is 0.195. The third-order valence-electron chi connectivity index (χ3n) is 6.79. The van der Waals surface area contributed by atoms with E-state index in [1.54, 1.807) is 18.2 Å². The van der Waals surface area contributed by atoms with Gasteiger partial charge in [-0.05, 0) is 73.5 Å². The fourth-order valence-corrected chi connectivity index (χ4v) is 5.88. The molecule has 0 unspecified atom stereocenters. The van der Waals surface area contributed by atoms with Crippen LogP contribution in [0.25, 0.3) is 0 Å². The molecule has 3 aromatic carbocycles. The van der Waals surface area contributed by atoms with Crippen molar-refractivity contribution in [1.29, 1.82) is 0 Å². The number of nitrogens with zero attached hydrogens (tertiary/aromatic N) is 3. The lowest BCUT2D eigenvalue weighted by Crippen LogP contribution is -2.48. The number of halogens is 1. The van der Waals surface area contributed by atoms with Gasteiger partial charge in [0.1, 0.15) is 0 Å². The minimum Gasteiger partial charge on any atom is -0.369 e. The maximum atomic E-state index is 12.7. The van der Waals surface area contributed by atoms with Crippen LogP contribution in [0.1, 0.15) is 18.9 Å². The molecule has 3 aromatic rings. The van der Waals surface area contributed by atoms with Gasteiger partial charge in [0.25, 0.3) is 10.0 Å². The standard InChI is InChI=1S/C29H37ClN4O2S/c1-2-16-32(18-19-33-20-22-34(23-21-33)28-9-4-3-5-10-28)17-15-25-7-6-8-27(24-25)31-37(35,36)29-13-11-26(30)12-14-29/h3-14,24,31H,2,15-23H2,1H3. The Morgan fingerprint density at radius 3 is 2.30 bits per heavy atom. The molecule has 1 saturated heterocycles. The lowest BCUT2D eigenvalue weighted by Gasteiger charge is -2.37. The van der Waals surface area contributed by atoms with Crippen molar-refractivity contribution in [3.05, 3.63) is 89.4 Å². The summed E-state index contributed by atoms with van der Waals surface area (Å²) < 4.78 is 28.2. The van der Waals surface area contributed by atoms with Gasteiger partial charge < -0.3 is 9.80 Å². The molecule has 1 fully saturated rings. The first-order valence-electron chi connectivity index (χ1n) is 13.0. The Morgan fingerprint density at radius 1 is 0.865 bits per heavy atom. The van der Waals surface area contributed by atoms with E-state index in [4.69, 9.17) is 11.6 Å². The Balaban J connectivity index is 1.26. The van der Waals surface area contributed by atoms with E-state index in [1.165, 1.54) is 17.8 Å². The number of sulfonamides is 1. The van der Waals surface area contributed by atoms with Gasteiger partial charge in [-0.25, -0.2) is 8.42 Å². The first-order chi connectivity index (χ1) is 17.9. The Hall–Kier alpha value is -2.58. The molecule has 1 aliphatic heterocycles.